The number of aromatic nitrogens is 1. The molecule has 3 heterocycles. The van der Waals surface area contributed by atoms with Crippen LogP contribution in [0, 0.1) is 34.9 Å². The van der Waals surface area contributed by atoms with E-state index in [0.29, 0.717) is 42.0 Å². The summed E-state index contributed by atoms with van der Waals surface area (Å²) >= 11 is 11.9. The van der Waals surface area contributed by atoms with Crippen LogP contribution in [-0.4, -0.2) is 75.6 Å². The number of likely N-dealkylation sites (tertiary alicyclic amines) is 1. The van der Waals surface area contributed by atoms with Crippen LogP contribution in [-0.2, 0) is 19.7 Å². The first-order valence-corrected chi connectivity index (χ1v) is 14.9. The number of fused-ring (bicyclic) bond motifs is 1. The highest BCUT2D eigenvalue weighted by Gasteiger charge is 2.71. The van der Waals surface area contributed by atoms with Gasteiger partial charge in [-0.1, -0.05) is 6.07 Å². The number of ether oxygens (including phenoxy) is 2. The molecule has 228 valence electrons. The molecule has 2 aliphatic carbocycles. The molecule has 2 saturated heterocycles. The number of cyclic esters (lactones) is 1. The van der Waals surface area contributed by atoms with E-state index in [2.05, 4.69) is 16.4 Å². The summed E-state index contributed by atoms with van der Waals surface area (Å²) in [6.45, 7) is 6.88. The number of hydrogen-bond acceptors (Lipinski definition) is 8. The van der Waals surface area contributed by atoms with Crippen LogP contribution in [0.1, 0.15) is 32.9 Å². The Kier molecular flexibility index (Phi) is 7.38. The monoisotopic (exact) mass is 631 g/mol. The molecular weight excluding hydrogens is 600 g/mol. The lowest BCUT2D eigenvalue weighted by molar-refractivity contribution is -0.236. The Morgan fingerprint density at radius 2 is 1.98 bits per heavy atom. The van der Waals surface area contributed by atoms with Gasteiger partial charge in [-0.05, 0) is 51.5 Å². The van der Waals surface area contributed by atoms with Crippen molar-refractivity contribution in [2.45, 2.75) is 55.1 Å². The van der Waals surface area contributed by atoms with E-state index in [1.807, 2.05) is 25.7 Å². The lowest BCUT2D eigenvalue weighted by Gasteiger charge is -2.32. The first-order chi connectivity index (χ1) is 20.2. The maximum atomic E-state index is 15.3. The van der Waals surface area contributed by atoms with Crippen LogP contribution >= 0.6 is 23.2 Å². The summed E-state index contributed by atoms with van der Waals surface area (Å²) in [6.07, 6.45) is -0.356. The van der Waals surface area contributed by atoms with Crippen LogP contribution in [0.5, 0.6) is 0 Å². The van der Waals surface area contributed by atoms with E-state index in [1.165, 1.54) is 11.0 Å². The van der Waals surface area contributed by atoms with Gasteiger partial charge in [0, 0.05) is 42.2 Å². The summed E-state index contributed by atoms with van der Waals surface area (Å²) in [4.78, 5) is 32.3. The molecule has 6 atom stereocenters. The number of aliphatic hydroxyl groups excluding tert-OH is 1. The van der Waals surface area contributed by atoms with Gasteiger partial charge in [0.25, 0.3) is 0 Å². The minimum atomic E-state index is -1.04. The summed E-state index contributed by atoms with van der Waals surface area (Å²) in [5.74, 6) is -1.29. The topological polar surface area (TPSA) is 128 Å². The van der Waals surface area contributed by atoms with Crippen molar-refractivity contribution in [2.24, 2.45) is 17.8 Å². The Morgan fingerprint density at radius 1 is 1.28 bits per heavy atom. The normalized spacial score (nSPS) is 29.9. The molecule has 2 N–H and O–H groups in total. The van der Waals surface area contributed by atoms with Crippen LogP contribution in [0.25, 0.3) is 11.1 Å². The molecule has 4 fully saturated rings. The number of amides is 2. The fourth-order valence-corrected chi connectivity index (χ4v) is 6.72. The van der Waals surface area contributed by atoms with Gasteiger partial charge in [0.05, 0.1) is 42.1 Å². The van der Waals surface area contributed by atoms with E-state index in [-0.39, 0.29) is 30.8 Å². The predicted octanol–water partition coefficient (Wildman–Crippen LogP) is 3.94. The number of benzene rings is 1. The smallest absolute Gasteiger partial charge is 0.414 e. The zero-order valence-corrected chi connectivity index (χ0v) is 25.4. The number of anilines is 1. The lowest BCUT2D eigenvalue weighted by Crippen LogP contribution is -2.43. The SMILES string of the molecule is CC(C)(C)OC(O)N1C[C@@H]2[C@H](C1)C2(C#N)c1ccc(-c2ccc(N3C[C@H](CNC(=O)C4CC4(Cl)Cl)OC3=O)cc2F)cn1. The summed E-state index contributed by atoms with van der Waals surface area (Å²) in [6, 6.07) is 10.4. The summed E-state index contributed by atoms with van der Waals surface area (Å²) in [5, 5.41) is 23.2. The third-order valence-electron chi connectivity index (χ3n) is 8.65. The van der Waals surface area contributed by atoms with Crippen molar-refractivity contribution in [3.63, 3.8) is 0 Å². The number of hydrogen-bond donors (Lipinski definition) is 2. The highest BCUT2D eigenvalue weighted by Crippen LogP contribution is 2.63. The average Bonchev–Trinajstić information content (AvgIpc) is 3.57. The molecule has 13 heteroatoms. The van der Waals surface area contributed by atoms with Gasteiger partial charge in [0.1, 0.15) is 21.7 Å². The van der Waals surface area contributed by atoms with Gasteiger partial charge in [-0.25, -0.2) is 9.18 Å². The van der Waals surface area contributed by atoms with E-state index in [9.17, 15) is 20.0 Å². The molecule has 2 saturated carbocycles. The molecule has 0 radical (unpaired) electrons. The number of nitrogens with zero attached hydrogens (tertiary/aromatic N) is 4. The second-order valence-electron chi connectivity index (χ2n) is 12.7. The number of nitriles is 1. The van der Waals surface area contributed by atoms with E-state index < -0.39 is 45.7 Å². The van der Waals surface area contributed by atoms with Gasteiger partial charge in [-0.3, -0.25) is 19.6 Å². The van der Waals surface area contributed by atoms with Crippen molar-refractivity contribution in [2.75, 3.05) is 31.1 Å². The second-order valence-corrected chi connectivity index (χ2v) is 14.2. The maximum Gasteiger partial charge on any atom is 0.414 e. The number of aliphatic hydroxyl groups is 1. The van der Waals surface area contributed by atoms with Gasteiger partial charge in [0.2, 0.25) is 12.3 Å². The average molecular weight is 633 g/mol. The first kappa shape index (κ1) is 30.0. The molecule has 4 aliphatic rings. The number of nitrogens with one attached hydrogen (secondary N) is 1. The Balaban J connectivity index is 1.08. The molecule has 3 unspecified atom stereocenters. The first-order valence-electron chi connectivity index (χ1n) is 14.1. The van der Waals surface area contributed by atoms with Crippen LogP contribution in [0.3, 0.4) is 0 Å². The van der Waals surface area contributed by atoms with Crippen molar-refractivity contribution in [3.8, 4) is 17.2 Å². The minimum absolute atomic E-state index is 0.0189. The van der Waals surface area contributed by atoms with Crippen molar-refractivity contribution >= 4 is 40.9 Å². The van der Waals surface area contributed by atoms with E-state index >= 15 is 4.39 Å². The molecule has 0 spiro atoms. The summed E-state index contributed by atoms with van der Waals surface area (Å²) in [5.41, 5.74) is 0.526. The number of pyridine rings is 1. The number of carbonyl (C=O) groups is 2. The Labute approximate surface area is 258 Å². The number of rotatable bonds is 8. The molecular formula is C30H32Cl2FN5O5. The van der Waals surface area contributed by atoms with E-state index in [0.717, 1.165) is 0 Å². The zero-order valence-electron chi connectivity index (χ0n) is 23.9. The quantitative estimate of drug-likeness (QED) is 0.331. The van der Waals surface area contributed by atoms with E-state index in [1.54, 1.807) is 30.5 Å². The molecule has 1 aromatic carbocycles. The standard InChI is InChI=1S/C30H32Cl2FN5O5/c1-28(2,3)43-26(40)37-13-21-22(14-37)29(21,15-34)24-7-4-16(10-35-24)19-6-5-17(8-23(19)33)38-12-18(42-27(38)41)11-36-25(39)20-9-30(20,31)32/h4-8,10,18,20-22,26,40H,9,11-14H2,1-3H3,(H,36,39)/t18-,20?,21-,22+,26?,29?/m0/s1. The van der Waals surface area contributed by atoms with E-state index in [4.69, 9.17) is 32.7 Å². The molecule has 6 rings (SSSR count). The van der Waals surface area contributed by atoms with Crippen LogP contribution in [0.4, 0.5) is 14.9 Å². The molecule has 2 amide bonds. The van der Waals surface area contributed by atoms with Crippen molar-refractivity contribution in [1.29, 1.82) is 5.26 Å². The van der Waals surface area contributed by atoms with Gasteiger partial charge < -0.3 is 19.9 Å². The maximum absolute atomic E-state index is 15.3. The number of piperidine rings is 1. The third-order valence-corrected chi connectivity index (χ3v) is 9.48. The number of halogens is 3. The largest absolute Gasteiger partial charge is 0.442 e. The zero-order chi connectivity index (χ0) is 30.9. The fourth-order valence-electron chi connectivity index (χ4n) is 6.21. The molecule has 2 aromatic rings. The highest BCUT2D eigenvalue weighted by molar-refractivity contribution is 6.52. The van der Waals surface area contributed by atoms with Gasteiger partial charge in [-0.15, -0.1) is 23.2 Å². The highest BCUT2D eigenvalue weighted by atomic mass is 35.5. The van der Waals surface area contributed by atoms with Crippen LogP contribution < -0.4 is 10.2 Å². The van der Waals surface area contributed by atoms with Crippen LogP contribution in [0.2, 0.25) is 0 Å². The Bertz CT molecular complexity index is 1480. The minimum Gasteiger partial charge on any atom is -0.442 e. The predicted molar refractivity (Wildman–Crippen MR) is 155 cm³/mol. The number of alkyl halides is 2. The van der Waals surface area contributed by atoms with Crippen molar-refractivity contribution in [1.82, 2.24) is 15.2 Å². The molecule has 43 heavy (non-hydrogen) atoms. The van der Waals surface area contributed by atoms with Gasteiger partial charge in [0.15, 0.2) is 0 Å². The summed E-state index contributed by atoms with van der Waals surface area (Å²) in [7, 11) is 0. The Morgan fingerprint density at radius 3 is 2.53 bits per heavy atom. The molecule has 1 aromatic heterocycles. The van der Waals surface area contributed by atoms with Gasteiger partial charge in [-0.2, -0.15) is 5.26 Å². The number of carbonyl (C=O) groups excluding carboxylic acids is 2. The Hall–Kier alpha value is -3.01. The third kappa shape index (κ3) is 5.56. The second kappa shape index (κ2) is 10.6. The van der Waals surface area contributed by atoms with Gasteiger partial charge >= 0.3 is 6.09 Å². The van der Waals surface area contributed by atoms with Crippen molar-refractivity contribution in [3.05, 3.63) is 48.0 Å². The van der Waals surface area contributed by atoms with Crippen molar-refractivity contribution < 1.29 is 28.6 Å². The molecule has 10 nitrogen and oxygen atoms in total. The molecule has 0 bridgehead atoms. The molecule has 2 aliphatic heterocycles. The van der Waals surface area contributed by atoms with Crippen LogP contribution in [0.15, 0.2) is 36.5 Å². The fraction of sp³-hybridized carbons (Fsp3) is 0.533. The lowest BCUT2D eigenvalue weighted by atomic mass is 9.95. The summed E-state index contributed by atoms with van der Waals surface area (Å²) < 4.78 is 25.2.